The van der Waals surface area contributed by atoms with Crippen molar-refractivity contribution in [1.82, 2.24) is 14.8 Å². The number of carbonyl (C=O) groups is 1. The fraction of sp³-hybridized carbons (Fsp3) is 0.389. The van der Waals surface area contributed by atoms with E-state index in [1.165, 1.54) is 11.8 Å². The Morgan fingerprint density at radius 2 is 2.12 bits per heavy atom. The standard InChI is InChI=1S/C18H20N4O3S/c1-24-10-7-8-11(14(9-10)25-2)16-15-12(5-4-6-13(15)23)19-17-20-18(26-3)21-22(16)17/h7-9,16H,4-6H2,1-3H3,(H,19,20,21). The molecule has 1 atom stereocenters. The van der Waals surface area contributed by atoms with Crippen molar-refractivity contribution in [2.45, 2.75) is 30.5 Å². The van der Waals surface area contributed by atoms with E-state index in [2.05, 4.69) is 15.4 Å². The molecule has 1 aliphatic carbocycles. The van der Waals surface area contributed by atoms with E-state index in [0.29, 0.717) is 29.0 Å². The minimum absolute atomic E-state index is 0.147. The van der Waals surface area contributed by atoms with Gasteiger partial charge in [-0.3, -0.25) is 4.79 Å². The predicted octanol–water partition coefficient (Wildman–Crippen LogP) is 3.04. The zero-order valence-electron chi connectivity index (χ0n) is 14.9. The van der Waals surface area contributed by atoms with E-state index in [1.807, 2.05) is 24.5 Å². The molecule has 0 spiro atoms. The molecule has 0 radical (unpaired) electrons. The number of anilines is 1. The molecule has 0 fully saturated rings. The number of Topliss-reactive ketones (excluding diaryl/α,β-unsaturated/α-hetero) is 1. The van der Waals surface area contributed by atoms with Crippen LogP contribution in [0.5, 0.6) is 11.5 Å². The molecular weight excluding hydrogens is 352 g/mol. The van der Waals surface area contributed by atoms with Gasteiger partial charge in [-0.15, -0.1) is 5.10 Å². The lowest BCUT2D eigenvalue weighted by molar-refractivity contribution is -0.116. The summed E-state index contributed by atoms with van der Waals surface area (Å²) < 4.78 is 12.7. The summed E-state index contributed by atoms with van der Waals surface area (Å²) in [6, 6.07) is 5.28. The van der Waals surface area contributed by atoms with Crippen LogP contribution in [0.3, 0.4) is 0 Å². The van der Waals surface area contributed by atoms with Gasteiger partial charge in [0, 0.05) is 29.3 Å². The second kappa shape index (κ2) is 6.68. The smallest absolute Gasteiger partial charge is 0.227 e. The minimum atomic E-state index is -0.358. The highest BCUT2D eigenvalue weighted by Gasteiger charge is 2.38. The van der Waals surface area contributed by atoms with E-state index in [4.69, 9.17) is 9.47 Å². The summed E-state index contributed by atoms with van der Waals surface area (Å²) in [4.78, 5) is 17.3. The number of aromatic nitrogens is 3. The summed E-state index contributed by atoms with van der Waals surface area (Å²) in [5.74, 6) is 2.17. The number of ether oxygens (including phenoxy) is 2. The van der Waals surface area contributed by atoms with Gasteiger partial charge >= 0.3 is 0 Å². The molecule has 26 heavy (non-hydrogen) atoms. The van der Waals surface area contributed by atoms with Crippen molar-refractivity contribution < 1.29 is 14.3 Å². The molecule has 1 unspecified atom stereocenters. The molecular formula is C18H20N4O3S. The molecule has 7 nitrogen and oxygen atoms in total. The Balaban J connectivity index is 1.93. The topological polar surface area (TPSA) is 78.3 Å². The van der Waals surface area contributed by atoms with Crippen LogP contribution in [0.15, 0.2) is 34.6 Å². The largest absolute Gasteiger partial charge is 0.497 e. The van der Waals surface area contributed by atoms with E-state index in [-0.39, 0.29) is 11.8 Å². The lowest BCUT2D eigenvalue weighted by Gasteiger charge is -2.32. The van der Waals surface area contributed by atoms with Crippen molar-refractivity contribution >= 4 is 23.5 Å². The number of allylic oxidation sites excluding steroid dienone is 2. The first kappa shape index (κ1) is 17.0. The summed E-state index contributed by atoms with van der Waals surface area (Å²) in [5.41, 5.74) is 2.57. The van der Waals surface area contributed by atoms with Crippen LogP contribution in [0.4, 0.5) is 5.95 Å². The first-order valence-corrected chi connectivity index (χ1v) is 9.64. The van der Waals surface area contributed by atoms with E-state index in [1.54, 1.807) is 18.9 Å². The lowest BCUT2D eigenvalue weighted by atomic mass is 9.85. The number of methoxy groups -OCH3 is 2. The van der Waals surface area contributed by atoms with Crippen LogP contribution in [0.25, 0.3) is 0 Å². The molecule has 2 aliphatic rings. The normalized spacial score (nSPS) is 18.9. The molecule has 8 heteroatoms. The molecule has 2 aromatic rings. The zero-order chi connectivity index (χ0) is 18.3. The van der Waals surface area contributed by atoms with E-state index < -0.39 is 0 Å². The monoisotopic (exact) mass is 372 g/mol. The first-order chi connectivity index (χ1) is 12.7. The van der Waals surface area contributed by atoms with Crippen LogP contribution in [0.1, 0.15) is 30.9 Å². The van der Waals surface area contributed by atoms with Crippen LogP contribution in [0.2, 0.25) is 0 Å². The summed E-state index contributed by atoms with van der Waals surface area (Å²) in [6.07, 6.45) is 4.16. The lowest BCUT2D eigenvalue weighted by Crippen LogP contribution is -2.31. The van der Waals surface area contributed by atoms with E-state index in [9.17, 15) is 4.79 Å². The summed E-state index contributed by atoms with van der Waals surface area (Å²) >= 11 is 1.47. The third kappa shape index (κ3) is 2.65. The predicted molar refractivity (Wildman–Crippen MR) is 99.0 cm³/mol. The Labute approximate surface area is 155 Å². The maximum atomic E-state index is 12.8. The fourth-order valence-electron chi connectivity index (χ4n) is 3.55. The average molecular weight is 372 g/mol. The number of thioether (sulfide) groups is 1. The van der Waals surface area contributed by atoms with Crippen LogP contribution in [-0.2, 0) is 4.79 Å². The number of nitrogens with one attached hydrogen (secondary N) is 1. The SMILES string of the molecule is COc1ccc(C2C3=C(CCCC3=O)Nc3nc(SC)nn32)c(OC)c1. The van der Waals surface area contributed by atoms with E-state index >= 15 is 0 Å². The van der Waals surface area contributed by atoms with Gasteiger partial charge in [0.1, 0.15) is 17.5 Å². The Hall–Kier alpha value is -2.48. The average Bonchev–Trinajstić information content (AvgIpc) is 3.09. The number of carbonyl (C=O) groups excluding carboxylic acids is 1. The van der Waals surface area contributed by atoms with Crippen molar-refractivity contribution in [3.63, 3.8) is 0 Å². The highest BCUT2D eigenvalue weighted by molar-refractivity contribution is 7.98. The van der Waals surface area contributed by atoms with Gasteiger partial charge < -0.3 is 14.8 Å². The van der Waals surface area contributed by atoms with Gasteiger partial charge in [0.2, 0.25) is 11.1 Å². The number of hydrogen-bond acceptors (Lipinski definition) is 7. The maximum absolute atomic E-state index is 12.8. The van der Waals surface area contributed by atoms with Crippen molar-refractivity contribution in [3.8, 4) is 11.5 Å². The summed E-state index contributed by atoms with van der Waals surface area (Å²) in [7, 11) is 3.23. The molecule has 1 N–H and O–H groups in total. The van der Waals surface area contributed by atoms with Crippen molar-refractivity contribution in [2.75, 3.05) is 25.8 Å². The summed E-state index contributed by atoms with van der Waals surface area (Å²) in [5, 5.41) is 8.58. The summed E-state index contributed by atoms with van der Waals surface area (Å²) in [6.45, 7) is 0. The zero-order valence-corrected chi connectivity index (χ0v) is 15.7. The van der Waals surface area contributed by atoms with Gasteiger partial charge in [-0.2, -0.15) is 4.98 Å². The molecule has 0 saturated carbocycles. The van der Waals surface area contributed by atoms with Gasteiger partial charge in [-0.1, -0.05) is 11.8 Å². The third-order valence-electron chi connectivity index (χ3n) is 4.77. The third-order valence-corrected chi connectivity index (χ3v) is 5.30. The maximum Gasteiger partial charge on any atom is 0.227 e. The Bertz CT molecular complexity index is 906. The quantitative estimate of drug-likeness (QED) is 0.827. The number of hydrogen-bond donors (Lipinski definition) is 1. The highest BCUT2D eigenvalue weighted by Crippen LogP contribution is 2.43. The second-order valence-corrected chi connectivity index (χ2v) is 6.94. The van der Waals surface area contributed by atoms with Crippen molar-refractivity contribution in [2.24, 2.45) is 0 Å². The van der Waals surface area contributed by atoms with E-state index in [0.717, 1.165) is 29.7 Å². The Morgan fingerprint density at radius 1 is 1.27 bits per heavy atom. The molecule has 2 heterocycles. The fourth-order valence-corrected chi connectivity index (χ4v) is 3.90. The van der Waals surface area contributed by atoms with Crippen molar-refractivity contribution in [3.05, 3.63) is 35.0 Å². The molecule has 1 aromatic heterocycles. The number of fused-ring (bicyclic) bond motifs is 1. The molecule has 0 saturated heterocycles. The van der Waals surface area contributed by atoms with Gasteiger partial charge in [0.05, 0.1) is 14.2 Å². The molecule has 0 amide bonds. The van der Waals surface area contributed by atoms with Crippen LogP contribution in [-0.4, -0.2) is 41.0 Å². The van der Waals surface area contributed by atoms with Gasteiger partial charge in [0.15, 0.2) is 5.78 Å². The molecule has 1 aliphatic heterocycles. The first-order valence-electron chi connectivity index (χ1n) is 8.42. The van der Waals surface area contributed by atoms with Gasteiger partial charge in [0.25, 0.3) is 0 Å². The molecule has 136 valence electrons. The highest BCUT2D eigenvalue weighted by atomic mass is 32.2. The van der Waals surface area contributed by atoms with Crippen molar-refractivity contribution in [1.29, 1.82) is 0 Å². The number of benzene rings is 1. The van der Waals surface area contributed by atoms with Gasteiger partial charge in [-0.25, -0.2) is 4.68 Å². The second-order valence-electron chi connectivity index (χ2n) is 6.17. The number of nitrogens with zero attached hydrogens (tertiary/aromatic N) is 3. The molecule has 1 aromatic carbocycles. The minimum Gasteiger partial charge on any atom is -0.497 e. The van der Waals surface area contributed by atoms with Crippen LogP contribution >= 0.6 is 11.8 Å². The molecule has 0 bridgehead atoms. The molecule has 4 rings (SSSR count). The van der Waals surface area contributed by atoms with Crippen LogP contribution < -0.4 is 14.8 Å². The number of rotatable bonds is 4. The van der Waals surface area contributed by atoms with Gasteiger partial charge in [-0.05, 0) is 31.2 Å². The number of ketones is 1. The Kier molecular flexibility index (Phi) is 4.36. The van der Waals surface area contributed by atoms with Crippen LogP contribution in [0, 0.1) is 0 Å². The Morgan fingerprint density at radius 3 is 2.85 bits per heavy atom.